The average Bonchev–Trinajstić information content (AvgIpc) is 3.39. The Morgan fingerprint density at radius 1 is 0.333 bits per heavy atom. The van der Waals surface area contributed by atoms with E-state index in [4.69, 9.17) is 0 Å². The largest absolute Gasteiger partial charge is 0.394 e. The van der Waals surface area contributed by atoms with Gasteiger partial charge in [-0.3, -0.25) is 4.79 Å². The molecule has 5 N–H and O–H groups in total. The van der Waals surface area contributed by atoms with E-state index in [0.29, 0.717) is 12.8 Å². The van der Waals surface area contributed by atoms with Crippen LogP contribution in [-0.2, 0) is 4.79 Å². The standard InChI is InChI=1S/C66H131NO5/c1-3-5-7-9-11-13-15-17-19-21-23-25-27-29-31-32-34-36-38-40-42-44-46-48-50-52-54-56-58-60-64(70)66(72)67-62(61-68)65(71)63(69)59-57-55-53-51-49-47-45-43-41-39-37-35-33-30-28-26-24-22-20-18-16-14-12-10-8-6-4-2/h51,53,62-65,68-71H,3-50,52,54-61H2,1-2H3,(H,67,72)/b53-51+. The van der Waals surface area contributed by atoms with Crippen LogP contribution in [0.15, 0.2) is 12.2 Å². The zero-order valence-corrected chi connectivity index (χ0v) is 49.0. The first-order valence-corrected chi connectivity index (χ1v) is 33.1. The molecule has 6 nitrogen and oxygen atoms in total. The molecule has 430 valence electrons. The molecule has 0 spiro atoms. The normalized spacial score (nSPS) is 13.6. The van der Waals surface area contributed by atoms with E-state index >= 15 is 0 Å². The molecule has 4 atom stereocenters. The number of nitrogens with one attached hydrogen (secondary N) is 1. The minimum Gasteiger partial charge on any atom is -0.394 e. The maximum absolute atomic E-state index is 12.6. The van der Waals surface area contributed by atoms with Gasteiger partial charge in [-0.15, -0.1) is 0 Å². The lowest BCUT2D eigenvalue weighted by Crippen LogP contribution is -2.53. The van der Waals surface area contributed by atoms with Gasteiger partial charge in [-0.1, -0.05) is 347 Å². The third-order valence-corrected chi connectivity index (χ3v) is 16.0. The van der Waals surface area contributed by atoms with E-state index in [1.807, 2.05) is 0 Å². The highest BCUT2D eigenvalue weighted by atomic mass is 16.3. The van der Waals surface area contributed by atoms with Gasteiger partial charge in [0.05, 0.1) is 18.8 Å². The number of rotatable bonds is 62. The fraction of sp³-hybridized carbons (Fsp3) is 0.955. The molecule has 0 aliphatic heterocycles. The van der Waals surface area contributed by atoms with E-state index in [1.165, 1.54) is 308 Å². The van der Waals surface area contributed by atoms with Crippen molar-refractivity contribution >= 4 is 5.91 Å². The van der Waals surface area contributed by atoms with Crippen LogP contribution in [0.5, 0.6) is 0 Å². The van der Waals surface area contributed by atoms with Crippen LogP contribution in [0, 0.1) is 0 Å². The fourth-order valence-corrected chi connectivity index (χ4v) is 10.8. The molecule has 0 saturated carbocycles. The molecule has 0 saturated heterocycles. The zero-order chi connectivity index (χ0) is 52.3. The van der Waals surface area contributed by atoms with Crippen LogP contribution in [0.4, 0.5) is 0 Å². The summed E-state index contributed by atoms with van der Waals surface area (Å²) in [5.74, 6) is -0.584. The highest BCUT2D eigenvalue weighted by Gasteiger charge is 2.28. The Bertz CT molecular complexity index is 1050. The topological polar surface area (TPSA) is 110 Å². The first-order valence-electron chi connectivity index (χ1n) is 33.1. The fourth-order valence-electron chi connectivity index (χ4n) is 10.8. The Morgan fingerprint density at radius 2 is 0.569 bits per heavy atom. The minimum atomic E-state index is -1.28. The highest BCUT2D eigenvalue weighted by Crippen LogP contribution is 2.19. The monoisotopic (exact) mass is 1020 g/mol. The average molecular weight is 1020 g/mol. The van der Waals surface area contributed by atoms with Crippen LogP contribution < -0.4 is 5.32 Å². The van der Waals surface area contributed by atoms with Crippen molar-refractivity contribution in [3.8, 4) is 0 Å². The number of aliphatic hydroxyl groups excluding tert-OH is 4. The Balaban J connectivity index is 3.56. The van der Waals surface area contributed by atoms with Crippen LogP contribution in [0.25, 0.3) is 0 Å². The highest BCUT2D eigenvalue weighted by molar-refractivity contribution is 5.80. The molecule has 6 heteroatoms. The lowest BCUT2D eigenvalue weighted by Gasteiger charge is -2.27. The van der Waals surface area contributed by atoms with Crippen molar-refractivity contribution in [1.82, 2.24) is 5.32 Å². The van der Waals surface area contributed by atoms with Crippen molar-refractivity contribution in [2.24, 2.45) is 0 Å². The Hall–Kier alpha value is -0.950. The number of aliphatic hydroxyl groups is 4. The van der Waals surface area contributed by atoms with E-state index in [9.17, 15) is 25.2 Å². The van der Waals surface area contributed by atoms with E-state index < -0.39 is 36.9 Å². The van der Waals surface area contributed by atoms with Gasteiger partial charge in [-0.2, -0.15) is 0 Å². The molecule has 0 rings (SSSR count). The quantitative estimate of drug-likeness (QED) is 0.0308. The molecule has 0 aliphatic carbocycles. The van der Waals surface area contributed by atoms with Gasteiger partial charge < -0.3 is 25.7 Å². The van der Waals surface area contributed by atoms with E-state index in [-0.39, 0.29) is 0 Å². The number of hydrogen-bond donors (Lipinski definition) is 5. The van der Waals surface area contributed by atoms with Crippen molar-refractivity contribution in [2.45, 2.75) is 398 Å². The lowest BCUT2D eigenvalue weighted by atomic mass is 10.00. The summed E-state index contributed by atoms with van der Waals surface area (Å²) in [6, 6.07) is -1.000. The molecule has 0 radical (unpaired) electrons. The number of allylic oxidation sites excluding steroid dienone is 2. The second-order valence-electron chi connectivity index (χ2n) is 23.2. The van der Waals surface area contributed by atoms with Gasteiger partial charge in [0, 0.05) is 0 Å². The summed E-state index contributed by atoms with van der Waals surface area (Å²) < 4.78 is 0. The smallest absolute Gasteiger partial charge is 0.249 e. The van der Waals surface area contributed by atoms with Crippen molar-refractivity contribution in [3.63, 3.8) is 0 Å². The minimum absolute atomic E-state index is 0.369. The molecule has 4 unspecified atom stereocenters. The number of carbonyl (C=O) groups is 1. The van der Waals surface area contributed by atoms with E-state index in [1.54, 1.807) is 0 Å². The van der Waals surface area contributed by atoms with Crippen molar-refractivity contribution in [3.05, 3.63) is 12.2 Å². The molecule has 0 aromatic carbocycles. The summed E-state index contributed by atoms with van der Waals surface area (Å²) in [6.45, 7) is 4.10. The van der Waals surface area contributed by atoms with Crippen molar-refractivity contribution in [2.75, 3.05) is 6.61 Å². The molecule has 0 heterocycles. The van der Waals surface area contributed by atoms with E-state index in [2.05, 4.69) is 31.3 Å². The summed E-state index contributed by atoms with van der Waals surface area (Å²) in [5, 5.41) is 44.1. The maximum Gasteiger partial charge on any atom is 0.249 e. The molecule has 0 aromatic rings. The zero-order valence-electron chi connectivity index (χ0n) is 49.0. The van der Waals surface area contributed by atoms with Crippen molar-refractivity contribution in [1.29, 1.82) is 0 Å². The first kappa shape index (κ1) is 71.0. The van der Waals surface area contributed by atoms with Crippen LogP contribution >= 0.6 is 0 Å². The number of hydrogen-bond acceptors (Lipinski definition) is 5. The third kappa shape index (κ3) is 53.9. The van der Waals surface area contributed by atoms with Crippen LogP contribution in [0.1, 0.15) is 373 Å². The van der Waals surface area contributed by atoms with E-state index in [0.717, 1.165) is 38.5 Å². The van der Waals surface area contributed by atoms with Crippen molar-refractivity contribution < 1.29 is 25.2 Å². The van der Waals surface area contributed by atoms with Crippen LogP contribution in [-0.4, -0.2) is 57.3 Å². The molecule has 0 bridgehead atoms. The maximum atomic E-state index is 12.6. The summed E-state index contributed by atoms with van der Waals surface area (Å²) in [6.07, 6.45) is 74.7. The second kappa shape index (κ2) is 60.9. The number of unbranched alkanes of at least 4 members (excludes halogenated alkanes) is 51. The molecule has 1 amide bonds. The van der Waals surface area contributed by atoms with Gasteiger partial charge in [0.25, 0.3) is 0 Å². The Kier molecular flexibility index (Phi) is 60.1. The predicted octanol–water partition coefficient (Wildman–Crippen LogP) is 20.0. The summed E-state index contributed by atoms with van der Waals surface area (Å²) in [4.78, 5) is 12.6. The van der Waals surface area contributed by atoms with Gasteiger partial charge in [-0.05, 0) is 38.5 Å². The third-order valence-electron chi connectivity index (χ3n) is 16.0. The molecular weight excluding hydrogens is 887 g/mol. The molecule has 72 heavy (non-hydrogen) atoms. The molecular formula is C66H131NO5. The molecule has 0 fully saturated rings. The molecule has 0 aromatic heterocycles. The summed E-state index contributed by atoms with van der Waals surface area (Å²) >= 11 is 0. The summed E-state index contributed by atoms with van der Waals surface area (Å²) in [5.41, 5.74) is 0. The van der Waals surface area contributed by atoms with Gasteiger partial charge in [-0.25, -0.2) is 0 Å². The van der Waals surface area contributed by atoms with Crippen LogP contribution in [0.3, 0.4) is 0 Å². The number of carbonyl (C=O) groups excluding carboxylic acids is 1. The summed E-state index contributed by atoms with van der Waals surface area (Å²) in [7, 11) is 0. The van der Waals surface area contributed by atoms with Gasteiger partial charge in [0.15, 0.2) is 0 Å². The van der Waals surface area contributed by atoms with Crippen LogP contribution in [0.2, 0.25) is 0 Å². The molecule has 0 aliphatic rings. The second-order valence-corrected chi connectivity index (χ2v) is 23.2. The number of amides is 1. The van der Waals surface area contributed by atoms with Gasteiger partial charge in [0.2, 0.25) is 5.91 Å². The Morgan fingerprint density at radius 3 is 0.833 bits per heavy atom. The van der Waals surface area contributed by atoms with Gasteiger partial charge in [0.1, 0.15) is 12.2 Å². The lowest BCUT2D eigenvalue weighted by molar-refractivity contribution is -0.132. The first-order chi connectivity index (χ1) is 35.5. The SMILES string of the molecule is CCCCCCCCCCCCCCCCCCCCCCCC/C=C/CCCC(O)C(O)C(CO)NC(=O)C(O)CCCCCCCCCCCCCCCCCCCCCCCCCCCCCCC. The predicted molar refractivity (Wildman–Crippen MR) is 316 cm³/mol. The Labute approximate surface area is 451 Å². The van der Waals surface area contributed by atoms with Gasteiger partial charge >= 0.3 is 0 Å².